The molecule has 0 atom stereocenters. The molecule has 0 bridgehead atoms. The van der Waals surface area contributed by atoms with Gasteiger partial charge in [-0.25, -0.2) is 8.42 Å². The largest absolute Gasteiger partial charge is 0.322 e. The summed E-state index contributed by atoms with van der Waals surface area (Å²) in [6.07, 6.45) is 0.831. The molecule has 0 aliphatic heterocycles. The quantitative estimate of drug-likeness (QED) is 0.633. The predicted molar refractivity (Wildman–Crippen MR) is 115 cm³/mol. The molecule has 3 rings (SSSR count). The molecule has 0 aliphatic carbocycles. The Bertz CT molecular complexity index is 1080. The summed E-state index contributed by atoms with van der Waals surface area (Å²) in [6.45, 7) is 2.26. The molecule has 1 amide bonds. The lowest BCUT2D eigenvalue weighted by Crippen LogP contribution is -2.26. The molecule has 150 valence electrons. The van der Waals surface area contributed by atoms with E-state index in [2.05, 4.69) is 5.32 Å². The molecule has 3 aromatic rings. The highest BCUT2D eigenvalue weighted by Crippen LogP contribution is 2.19. The van der Waals surface area contributed by atoms with Crippen LogP contribution in [0.5, 0.6) is 0 Å². The maximum Gasteiger partial charge on any atom is 0.255 e. The Morgan fingerprint density at radius 3 is 2.17 bits per heavy atom. The van der Waals surface area contributed by atoms with Gasteiger partial charge in [0.1, 0.15) is 0 Å². The van der Waals surface area contributed by atoms with E-state index in [0.29, 0.717) is 5.56 Å². The zero-order valence-electron chi connectivity index (χ0n) is 16.5. The molecule has 0 spiro atoms. The van der Waals surface area contributed by atoms with Crippen molar-refractivity contribution in [1.29, 1.82) is 0 Å². The van der Waals surface area contributed by atoms with Gasteiger partial charge in [0.2, 0.25) is 10.0 Å². The fourth-order valence-electron chi connectivity index (χ4n) is 3.02. The summed E-state index contributed by atoms with van der Waals surface area (Å²) in [4.78, 5) is 12.8. The van der Waals surface area contributed by atoms with Gasteiger partial charge in [0.25, 0.3) is 5.91 Å². The Hall–Kier alpha value is -2.96. The van der Waals surface area contributed by atoms with Gasteiger partial charge in [-0.2, -0.15) is 4.31 Å². The van der Waals surface area contributed by atoms with Gasteiger partial charge in [0.05, 0.1) is 4.90 Å². The van der Waals surface area contributed by atoms with Gasteiger partial charge in [-0.05, 0) is 47.9 Å². The van der Waals surface area contributed by atoms with E-state index < -0.39 is 10.0 Å². The summed E-state index contributed by atoms with van der Waals surface area (Å²) < 4.78 is 26.6. The number of hydrogen-bond donors (Lipinski definition) is 1. The number of hydrogen-bond acceptors (Lipinski definition) is 3. The standard InChI is InChI=1S/C23H24N2O3S/c1-3-19-9-7-8-12-22(19)24-23(26)20-15-13-18(14-16-20)17-25(2)29(27,28)21-10-5-4-6-11-21/h4-16H,3,17H2,1-2H3,(H,24,26). The molecule has 0 aliphatic rings. The Labute approximate surface area is 172 Å². The van der Waals surface area contributed by atoms with Crippen molar-refractivity contribution < 1.29 is 13.2 Å². The van der Waals surface area contributed by atoms with Gasteiger partial charge in [0, 0.05) is 24.8 Å². The molecule has 0 saturated carbocycles. The minimum atomic E-state index is -3.56. The predicted octanol–water partition coefficient (Wildman–Crippen LogP) is 4.32. The fourth-order valence-corrected chi connectivity index (χ4v) is 4.20. The van der Waals surface area contributed by atoms with Crippen LogP contribution in [0.4, 0.5) is 5.69 Å². The third kappa shape index (κ3) is 4.91. The maximum atomic E-state index is 12.6. The van der Waals surface area contributed by atoms with Gasteiger partial charge in [-0.1, -0.05) is 55.5 Å². The van der Waals surface area contributed by atoms with Crippen LogP contribution in [-0.2, 0) is 23.0 Å². The van der Waals surface area contributed by atoms with E-state index in [4.69, 9.17) is 0 Å². The number of carbonyl (C=O) groups is 1. The van der Waals surface area contributed by atoms with Crippen LogP contribution in [0.15, 0.2) is 83.8 Å². The van der Waals surface area contributed by atoms with Gasteiger partial charge in [-0.3, -0.25) is 4.79 Å². The summed E-state index contributed by atoms with van der Waals surface area (Å²) in [7, 11) is -2.01. The summed E-state index contributed by atoms with van der Waals surface area (Å²) in [5, 5.41) is 2.94. The lowest BCUT2D eigenvalue weighted by Gasteiger charge is -2.17. The molecular weight excluding hydrogens is 384 g/mol. The van der Waals surface area contributed by atoms with Crippen molar-refractivity contribution in [3.63, 3.8) is 0 Å². The first kappa shape index (κ1) is 20.8. The normalized spacial score (nSPS) is 11.4. The SMILES string of the molecule is CCc1ccccc1NC(=O)c1ccc(CN(C)S(=O)(=O)c2ccccc2)cc1. The first-order chi connectivity index (χ1) is 13.9. The molecule has 3 aromatic carbocycles. The van der Waals surface area contributed by atoms with Crippen molar-refractivity contribution >= 4 is 21.6 Å². The van der Waals surface area contributed by atoms with E-state index in [1.165, 1.54) is 4.31 Å². The van der Waals surface area contributed by atoms with E-state index in [0.717, 1.165) is 23.2 Å². The summed E-state index contributed by atoms with van der Waals surface area (Å²) in [5.41, 5.74) is 3.20. The average Bonchev–Trinajstić information content (AvgIpc) is 2.75. The van der Waals surface area contributed by atoms with E-state index in [1.54, 1.807) is 61.6 Å². The number of sulfonamides is 1. The van der Waals surface area contributed by atoms with E-state index >= 15 is 0 Å². The number of para-hydroxylation sites is 1. The van der Waals surface area contributed by atoms with Crippen LogP contribution in [0.2, 0.25) is 0 Å². The Morgan fingerprint density at radius 2 is 1.52 bits per heavy atom. The van der Waals surface area contributed by atoms with Crippen LogP contribution in [0.3, 0.4) is 0 Å². The highest BCUT2D eigenvalue weighted by molar-refractivity contribution is 7.89. The lowest BCUT2D eigenvalue weighted by molar-refractivity contribution is 0.102. The number of aryl methyl sites for hydroxylation is 1. The zero-order chi connectivity index (χ0) is 20.9. The third-order valence-corrected chi connectivity index (χ3v) is 6.54. The van der Waals surface area contributed by atoms with Gasteiger partial charge in [0.15, 0.2) is 0 Å². The average molecular weight is 409 g/mol. The molecule has 0 unspecified atom stereocenters. The highest BCUT2D eigenvalue weighted by Gasteiger charge is 2.20. The van der Waals surface area contributed by atoms with Crippen molar-refractivity contribution in [3.8, 4) is 0 Å². The van der Waals surface area contributed by atoms with Crippen molar-refractivity contribution in [3.05, 3.63) is 95.6 Å². The first-order valence-corrected chi connectivity index (χ1v) is 10.9. The second kappa shape index (κ2) is 9.03. The zero-order valence-corrected chi connectivity index (χ0v) is 17.3. The molecule has 0 heterocycles. The van der Waals surface area contributed by atoms with Crippen LogP contribution in [-0.4, -0.2) is 25.7 Å². The highest BCUT2D eigenvalue weighted by atomic mass is 32.2. The number of nitrogens with one attached hydrogen (secondary N) is 1. The van der Waals surface area contributed by atoms with Crippen molar-refractivity contribution in [2.45, 2.75) is 24.8 Å². The van der Waals surface area contributed by atoms with Crippen molar-refractivity contribution in [2.24, 2.45) is 0 Å². The smallest absolute Gasteiger partial charge is 0.255 e. The molecule has 5 nitrogen and oxygen atoms in total. The molecule has 0 saturated heterocycles. The van der Waals surface area contributed by atoms with Crippen LogP contribution >= 0.6 is 0 Å². The fraction of sp³-hybridized carbons (Fsp3) is 0.174. The second-order valence-electron chi connectivity index (χ2n) is 6.74. The van der Waals surface area contributed by atoms with E-state index in [-0.39, 0.29) is 17.3 Å². The van der Waals surface area contributed by atoms with Gasteiger partial charge in [-0.15, -0.1) is 0 Å². The van der Waals surface area contributed by atoms with Gasteiger partial charge < -0.3 is 5.32 Å². The van der Waals surface area contributed by atoms with Crippen LogP contribution in [0.1, 0.15) is 28.4 Å². The molecular formula is C23H24N2O3S. The molecule has 0 radical (unpaired) electrons. The number of nitrogens with zero attached hydrogens (tertiary/aromatic N) is 1. The number of benzene rings is 3. The molecule has 0 aromatic heterocycles. The minimum absolute atomic E-state index is 0.192. The van der Waals surface area contributed by atoms with Crippen LogP contribution in [0.25, 0.3) is 0 Å². The maximum absolute atomic E-state index is 12.6. The Balaban J connectivity index is 1.69. The first-order valence-electron chi connectivity index (χ1n) is 9.41. The van der Waals surface area contributed by atoms with Crippen molar-refractivity contribution in [2.75, 3.05) is 12.4 Å². The summed E-state index contributed by atoms with van der Waals surface area (Å²) in [6, 6.07) is 23.0. The lowest BCUT2D eigenvalue weighted by atomic mass is 10.1. The Morgan fingerprint density at radius 1 is 0.897 bits per heavy atom. The molecule has 6 heteroatoms. The monoisotopic (exact) mass is 408 g/mol. The number of carbonyl (C=O) groups excluding carboxylic acids is 1. The number of amides is 1. The Kier molecular flexibility index (Phi) is 6.46. The number of rotatable bonds is 7. The number of anilines is 1. The second-order valence-corrected chi connectivity index (χ2v) is 8.78. The third-order valence-electron chi connectivity index (χ3n) is 4.72. The molecule has 1 N–H and O–H groups in total. The minimum Gasteiger partial charge on any atom is -0.322 e. The van der Waals surface area contributed by atoms with Gasteiger partial charge >= 0.3 is 0 Å². The topological polar surface area (TPSA) is 66.5 Å². The summed E-state index contributed by atoms with van der Waals surface area (Å²) >= 11 is 0. The molecule has 0 fully saturated rings. The van der Waals surface area contributed by atoms with Crippen molar-refractivity contribution in [1.82, 2.24) is 4.31 Å². The van der Waals surface area contributed by atoms with E-state index in [9.17, 15) is 13.2 Å². The molecule has 29 heavy (non-hydrogen) atoms. The van der Waals surface area contributed by atoms with Crippen LogP contribution in [0, 0.1) is 0 Å². The van der Waals surface area contributed by atoms with E-state index in [1.807, 2.05) is 31.2 Å². The summed E-state index contributed by atoms with van der Waals surface area (Å²) in [5.74, 6) is -0.192. The van der Waals surface area contributed by atoms with Crippen LogP contribution < -0.4 is 5.32 Å².